The molecule has 2 aromatic rings. The van der Waals surface area contributed by atoms with E-state index in [2.05, 4.69) is 5.32 Å². The largest absolute Gasteiger partial charge is 0.508 e. The fourth-order valence-electron chi connectivity index (χ4n) is 1.66. The first-order chi connectivity index (χ1) is 10.0. The molecule has 6 nitrogen and oxygen atoms in total. The van der Waals surface area contributed by atoms with Gasteiger partial charge in [-0.05, 0) is 30.3 Å². The Kier molecular flexibility index (Phi) is 4.40. The van der Waals surface area contributed by atoms with Gasteiger partial charge in [0.15, 0.2) is 6.61 Å². The Hall–Kier alpha value is -3.02. The molecule has 2 aromatic carbocycles. The lowest BCUT2D eigenvalue weighted by molar-refractivity contribution is -0.139. The molecule has 0 heterocycles. The van der Waals surface area contributed by atoms with Gasteiger partial charge in [-0.3, -0.25) is 4.79 Å². The van der Waals surface area contributed by atoms with Crippen LogP contribution in [0.4, 0.5) is 5.69 Å². The maximum atomic E-state index is 12.0. The number of rotatable bonds is 5. The van der Waals surface area contributed by atoms with Crippen LogP contribution in [0.2, 0.25) is 0 Å². The van der Waals surface area contributed by atoms with Crippen molar-refractivity contribution in [2.45, 2.75) is 0 Å². The number of aromatic hydroxyl groups is 1. The molecular formula is C15H13NO5. The van der Waals surface area contributed by atoms with E-state index in [-0.39, 0.29) is 11.7 Å². The van der Waals surface area contributed by atoms with Gasteiger partial charge < -0.3 is 20.3 Å². The van der Waals surface area contributed by atoms with E-state index in [0.29, 0.717) is 17.0 Å². The Labute approximate surface area is 120 Å². The first-order valence-electron chi connectivity index (χ1n) is 6.09. The van der Waals surface area contributed by atoms with Crippen LogP contribution in [-0.4, -0.2) is 28.7 Å². The molecule has 21 heavy (non-hydrogen) atoms. The number of hydrogen-bond donors (Lipinski definition) is 3. The summed E-state index contributed by atoms with van der Waals surface area (Å²) in [5.74, 6) is -1.13. The summed E-state index contributed by atoms with van der Waals surface area (Å²) in [7, 11) is 0. The Morgan fingerprint density at radius 3 is 2.57 bits per heavy atom. The first kappa shape index (κ1) is 14.4. The van der Waals surface area contributed by atoms with E-state index in [9.17, 15) is 14.7 Å². The van der Waals surface area contributed by atoms with Crippen molar-refractivity contribution in [2.24, 2.45) is 0 Å². The number of carbonyl (C=O) groups is 2. The number of aliphatic carboxylic acids is 1. The van der Waals surface area contributed by atoms with Crippen molar-refractivity contribution in [3.8, 4) is 11.5 Å². The van der Waals surface area contributed by atoms with Crippen LogP contribution in [0.5, 0.6) is 11.5 Å². The van der Waals surface area contributed by atoms with Gasteiger partial charge in [-0.25, -0.2) is 4.79 Å². The minimum Gasteiger partial charge on any atom is -0.508 e. The maximum absolute atomic E-state index is 12.0. The number of phenols is 1. The molecule has 108 valence electrons. The lowest BCUT2D eigenvalue weighted by atomic mass is 10.2. The Morgan fingerprint density at radius 1 is 1.10 bits per heavy atom. The zero-order valence-corrected chi connectivity index (χ0v) is 10.9. The molecule has 0 fully saturated rings. The number of phenolic OH excluding ortho intramolecular Hbond substituents is 1. The number of carboxylic acids is 1. The standard InChI is InChI=1S/C15H13NO5/c17-12-5-1-3-10(7-12)15(20)16-11-4-2-6-13(8-11)21-9-14(18)19/h1-8,17H,9H2,(H,16,20)(H,18,19). The van der Waals surface area contributed by atoms with E-state index in [1.807, 2.05) is 0 Å². The molecule has 2 rings (SSSR count). The van der Waals surface area contributed by atoms with Gasteiger partial charge in [-0.2, -0.15) is 0 Å². The summed E-state index contributed by atoms with van der Waals surface area (Å²) in [5, 5.41) is 20.5. The van der Waals surface area contributed by atoms with Gasteiger partial charge in [-0.15, -0.1) is 0 Å². The highest BCUT2D eigenvalue weighted by Gasteiger charge is 2.07. The van der Waals surface area contributed by atoms with Gasteiger partial charge in [0, 0.05) is 17.3 Å². The van der Waals surface area contributed by atoms with Crippen LogP contribution in [0.25, 0.3) is 0 Å². The van der Waals surface area contributed by atoms with Crippen molar-refractivity contribution < 1.29 is 24.5 Å². The van der Waals surface area contributed by atoms with Crippen LogP contribution in [0.15, 0.2) is 48.5 Å². The van der Waals surface area contributed by atoms with Gasteiger partial charge in [0.25, 0.3) is 5.91 Å². The van der Waals surface area contributed by atoms with Gasteiger partial charge in [0.1, 0.15) is 11.5 Å². The third kappa shape index (κ3) is 4.24. The minimum absolute atomic E-state index is 0.00110. The predicted octanol–water partition coefficient (Wildman–Crippen LogP) is 2.11. The molecule has 1 amide bonds. The van der Waals surface area contributed by atoms with E-state index in [1.54, 1.807) is 30.3 Å². The number of carbonyl (C=O) groups excluding carboxylic acids is 1. The second-order valence-corrected chi connectivity index (χ2v) is 4.21. The topological polar surface area (TPSA) is 95.9 Å². The van der Waals surface area contributed by atoms with Crippen molar-refractivity contribution in [1.29, 1.82) is 0 Å². The number of hydrogen-bond acceptors (Lipinski definition) is 4. The lowest BCUT2D eigenvalue weighted by Crippen LogP contribution is -2.12. The van der Waals surface area contributed by atoms with Crippen LogP contribution in [0.3, 0.4) is 0 Å². The average Bonchev–Trinajstić information content (AvgIpc) is 2.45. The van der Waals surface area contributed by atoms with Crippen LogP contribution < -0.4 is 10.1 Å². The quantitative estimate of drug-likeness (QED) is 0.782. The van der Waals surface area contributed by atoms with E-state index in [4.69, 9.17) is 9.84 Å². The third-order valence-electron chi connectivity index (χ3n) is 2.56. The van der Waals surface area contributed by atoms with Crippen LogP contribution >= 0.6 is 0 Å². The molecule has 0 aliphatic rings. The molecule has 0 radical (unpaired) electrons. The SMILES string of the molecule is O=C(O)COc1cccc(NC(=O)c2cccc(O)c2)c1. The van der Waals surface area contributed by atoms with E-state index >= 15 is 0 Å². The molecule has 0 saturated heterocycles. The normalized spacial score (nSPS) is 9.90. The molecule has 0 atom stereocenters. The Morgan fingerprint density at radius 2 is 1.86 bits per heavy atom. The van der Waals surface area contributed by atoms with Crippen molar-refractivity contribution >= 4 is 17.6 Å². The molecule has 0 aliphatic heterocycles. The van der Waals surface area contributed by atoms with Crippen LogP contribution in [0.1, 0.15) is 10.4 Å². The van der Waals surface area contributed by atoms with Crippen molar-refractivity contribution in [3.05, 3.63) is 54.1 Å². The Bertz CT molecular complexity index is 669. The number of anilines is 1. The predicted molar refractivity (Wildman–Crippen MR) is 75.6 cm³/mol. The molecule has 0 spiro atoms. The minimum atomic E-state index is -1.08. The summed E-state index contributed by atoms with van der Waals surface area (Å²) in [5.41, 5.74) is 0.776. The highest BCUT2D eigenvalue weighted by Crippen LogP contribution is 2.19. The van der Waals surface area contributed by atoms with Crippen molar-refractivity contribution in [2.75, 3.05) is 11.9 Å². The number of carboxylic acid groups (broad SMARTS) is 1. The highest BCUT2D eigenvalue weighted by molar-refractivity contribution is 6.04. The van der Waals surface area contributed by atoms with Crippen LogP contribution in [0, 0.1) is 0 Å². The fourth-order valence-corrected chi connectivity index (χ4v) is 1.66. The molecule has 0 unspecified atom stereocenters. The molecular weight excluding hydrogens is 274 g/mol. The van der Waals surface area contributed by atoms with Crippen LogP contribution in [-0.2, 0) is 4.79 Å². The van der Waals surface area contributed by atoms with Gasteiger partial charge in [-0.1, -0.05) is 12.1 Å². The number of benzene rings is 2. The smallest absolute Gasteiger partial charge is 0.341 e. The Balaban J connectivity index is 2.07. The van der Waals surface area contributed by atoms with Gasteiger partial charge >= 0.3 is 5.97 Å². The monoisotopic (exact) mass is 287 g/mol. The number of amides is 1. The number of ether oxygens (including phenoxy) is 1. The lowest BCUT2D eigenvalue weighted by Gasteiger charge is -2.08. The average molecular weight is 287 g/mol. The maximum Gasteiger partial charge on any atom is 0.341 e. The van der Waals surface area contributed by atoms with E-state index in [1.165, 1.54) is 18.2 Å². The zero-order chi connectivity index (χ0) is 15.2. The molecule has 0 aromatic heterocycles. The van der Waals surface area contributed by atoms with Gasteiger partial charge in [0.2, 0.25) is 0 Å². The van der Waals surface area contributed by atoms with Gasteiger partial charge in [0.05, 0.1) is 0 Å². The molecule has 6 heteroatoms. The highest BCUT2D eigenvalue weighted by atomic mass is 16.5. The zero-order valence-electron chi connectivity index (χ0n) is 10.9. The third-order valence-corrected chi connectivity index (χ3v) is 2.56. The second-order valence-electron chi connectivity index (χ2n) is 4.21. The fraction of sp³-hybridized carbons (Fsp3) is 0.0667. The molecule has 0 bridgehead atoms. The van der Waals surface area contributed by atoms with Crippen molar-refractivity contribution in [3.63, 3.8) is 0 Å². The summed E-state index contributed by atoms with van der Waals surface area (Å²) in [6.07, 6.45) is 0. The van der Waals surface area contributed by atoms with Crippen molar-refractivity contribution in [1.82, 2.24) is 0 Å². The molecule has 0 aliphatic carbocycles. The second kappa shape index (κ2) is 6.42. The summed E-state index contributed by atoms with van der Waals surface area (Å²) in [4.78, 5) is 22.4. The number of nitrogens with one attached hydrogen (secondary N) is 1. The summed E-state index contributed by atoms with van der Waals surface area (Å²) in [6, 6.07) is 12.3. The first-order valence-corrected chi connectivity index (χ1v) is 6.09. The molecule has 0 saturated carbocycles. The molecule has 3 N–H and O–H groups in total. The summed E-state index contributed by atoms with van der Waals surface area (Å²) < 4.78 is 5.02. The summed E-state index contributed by atoms with van der Waals surface area (Å²) >= 11 is 0. The van der Waals surface area contributed by atoms with E-state index < -0.39 is 12.6 Å². The van der Waals surface area contributed by atoms with E-state index in [0.717, 1.165) is 0 Å². The summed E-state index contributed by atoms with van der Waals surface area (Å²) in [6.45, 7) is -0.454.